The third-order valence-electron chi connectivity index (χ3n) is 3.02. The summed E-state index contributed by atoms with van der Waals surface area (Å²) in [5.41, 5.74) is 0.721. The van der Waals surface area contributed by atoms with Gasteiger partial charge in [-0.1, -0.05) is 0 Å². The summed E-state index contributed by atoms with van der Waals surface area (Å²) >= 11 is 0. The van der Waals surface area contributed by atoms with E-state index < -0.39 is 0 Å². The molecule has 2 nitrogen and oxygen atoms in total. The van der Waals surface area contributed by atoms with Crippen LogP contribution in [0.25, 0.3) is 0 Å². The van der Waals surface area contributed by atoms with Crippen molar-refractivity contribution in [3.05, 3.63) is 0 Å². The molecule has 11 heavy (non-hydrogen) atoms. The molecule has 64 valence electrons. The second-order valence-corrected chi connectivity index (χ2v) is 4.67. The maximum absolute atomic E-state index is 2.56. The minimum atomic E-state index is 0.721. The highest BCUT2D eigenvalue weighted by molar-refractivity contribution is 5.05. The van der Waals surface area contributed by atoms with Crippen molar-refractivity contribution < 1.29 is 0 Å². The molecule has 2 aliphatic heterocycles. The lowest BCUT2D eigenvalue weighted by Crippen LogP contribution is -2.72. The van der Waals surface area contributed by atoms with Gasteiger partial charge in [0, 0.05) is 37.6 Å². The first-order valence-corrected chi connectivity index (χ1v) is 4.54. The van der Waals surface area contributed by atoms with Crippen LogP contribution in [0.4, 0.5) is 0 Å². The maximum Gasteiger partial charge on any atom is 0.0212 e. The molecule has 0 aromatic heterocycles. The van der Waals surface area contributed by atoms with Gasteiger partial charge in [-0.05, 0) is 20.9 Å². The molecule has 2 fully saturated rings. The smallest absolute Gasteiger partial charge is 0.0212 e. The summed E-state index contributed by atoms with van der Waals surface area (Å²) in [7, 11) is 2.21. The van der Waals surface area contributed by atoms with Crippen LogP contribution in [0, 0.1) is 5.41 Å². The van der Waals surface area contributed by atoms with Crippen LogP contribution in [0.1, 0.15) is 13.8 Å². The topological polar surface area (TPSA) is 6.48 Å². The van der Waals surface area contributed by atoms with Gasteiger partial charge in [0.25, 0.3) is 0 Å². The van der Waals surface area contributed by atoms with Crippen molar-refractivity contribution in [1.29, 1.82) is 0 Å². The SMILES string of the molecule is CC(C)N1CC2(CN(C)C2)C1. The van der Waals surface area contributed by atoms with Gasteiger partial charge >= 0.3 is 0 Å². The third kappa shape index (κ3) is 1.09. The molecule has 2 saturated heterocycles. The van der Waals surface area contributed by atoms with Crippen molar-refractivity contribution in [3.63, 3.8) is 0 Å². The summed E-state index contributed by atoms with van der Waals surface area (Å²) in [4.78, 5) is 4.98. The summed E-state index contributed by atoms with van der Waals surface area (Å²) < 4.78 is 0. The Morgan fingerprint density at radius 2 is 1.64 bits per heavy atom. The molecule has 2 rings (SSSR count). The Labute approximate surface area is 69.2 Å². The molecule has 0 aliphatic carbocycles. The molecule has 0 atom stereocenters. The van der Waals surface area contributed by atoms with Crippen LogP contribution in [0.15, 0.2) is 0 Å². The van der Waals surface area contributed by atoms with Crippen molar-refractivity contribution in [2.45, 2.75) is 19.9 Å². The monoisotopic (exact) mass is 154 g/mol. The lowest BCUT2D eigenvalue weighted by molar-refractivity contribution is -0.115. The maximum atomic E-state index is 2.56. The molecule has 2 aliphatic rings. The van der Waals surface area contributed by atoms with E-state index in [-0.39, 0.29) is 0 Å². The Balaban J connectivity index is 1.80. The van der Waals surface area contributed by atoms with Crippen LogP contribution in [0.3, 0.4) is 0 Å². The van der Waals surface area contributed by atoms with Crippen LogP contribution in [0.2, 0.25) is 0 Å². The molecule has 0 unspecified atom stereocenters. The Kier molecular flexibility index (Phi) is 1.52. The van der Waals surface area contributed by atoms with E-state index in [1.807, 2.05) is 0 Å². The summed E-state index contributed by atoms with van der Waals surface area (Å²) in [6.45, 7) is 9.92. The molecule has 0 N–H and O–H groups in total. The third-order valence-corrected chi connectivity index (χ3v) is 3.02. The summed E-state index contributed by atoms with van der Waals surface area (Å²) in [6, 6.07) is 0.756. The Hall–Kier alpha value is -0.0800. The van der Waals surface area contributed by atoms with Crippen molar-refractivity contribution in [3.8, 4) is 0 Å². The normalized spacial score (nSPS) is 30.5. The molecular weight excluding hydrogens is 136 g/mol. The zero-order valence-corrected chi connectivity index (χ0v) is 7.80. The Bertz CT molecular complexity index is 151. The number of hydrogen-bond acceptors (Lipinski definition) is 2. The van der Waals surface area contributed by atoms with Gasteiger partial charge < -0.3 is 4.90 Å². The van der Waals surface area contributed by atoms with E-state index in [0.717, 1.165) is 11.5 Å². The largest absolute Gasteiger partial charge is 0.305 e. The molecule has 1 spiro atoms. The fourth-order valence-corrected chi connectivity index (χ4v) is 2.48. The first-order valence-electron chi connectivity index (χ1n) is 4.54. The first-order chi connectivity index (χ1) is 5.11. The number of hydrogen-bond donors (Lipinski definition) is 0. The van der Waals surface area contributed by atoms with Crippen molar-refractivity contribution in [1.82, 2.24) is 9.80 Å². The van der Waals surface area contributed by atoms with Gasteiger partial charge in [-0.3, -0.25) is 4.90 Å². The highest BCUT2D eigenvalue weighted by Gasteiger charge is 2.50. The number of rotatable bonds is 1. The van der Waals surface area contributed by atoms with Crippen LogP contribution in [0.5, 0.6) is 0 Å². The highest BCUT2D eigenvalue weighted by Crippen LogP contribution is 2.39. The fraction of sp³-hybridized carbons (Fsp3) is 1.00. The van der Waals surface area contributed by atoms with E-state index in [1.165, 1.54) is 26.2 Å². The number of likely N-dealkylation sites (tertiary alicyclic amines) is 2. The average molecular weight is 154 g/mol. The lowest BCUT2D eigenvalue weighted by Gasteiger charge is -2.60. The van der Waals surface area contributed by atoms with Crippen LogP contribution in [-0.4, -0.2) is 49.1 Å². The van der Waals surface area contributed by atoms with Crippen molar-refractivity contribution in [2.24, 2.45) is 5.41 Å². The van der Waals surface area contributed by atoms with Gasteiger partial charge in [-0.2, -0.15) is 0 Å². The van der Waals surface area contributed by atoms with E-state index >= 15 is 0 Å². The van der Waals surface area contributed by atoms with Crippen molar-refractivity contribution in [2.75, 3.05) is 33.2 Å². The van der Waals surface area contributed by atoms with Gasteiger partial charge in [0.15, 0.2) is 0 Å². The molecule has 0 aromatic carbocycles. The van der Waals surface area contributed by atoms with E-state index in [9.17, 15) is 0 Å². The molecule has 0 amide bonds. The predicted molar refractivity (Wildman–Crippen MR) is 46.6 cm³/mol. The first kappa shape index (κ1) is 7.56. The minimum Gasteiger partial charge on any atom is -0.305 e. The Morgan fingerprint density at radius 3 is 2.00 bits per heavy atom. The molecule has 0 aromatic rings. The summed E-state index contributed by atoms with van der Waals surface area (Å²) in [5.74, 6) is 0. The summed E-state index contributed by atoms with van der Waals surface area (Å²) in [6.07, 6.45) is 0. The second kappa shape index (κ2) is 2.20. The zero-order chi connectivity index (χ0) is 8.06. The lowest BCUT2D eigenvalue weighted by atomic mass is 9.72. The van der Waals surface area contributed by atoms with Crippen LogP contribution >= 0.6 is 0 Å². The van der Waals surface area contributed by atoms with E-state index in [4.69, 9.17) is 0 Å². The molecule has 0 radical (unpaired) electrons. The van der Waals surface area contributed by atoms with Gasteiger partial charge in [-0.15, -0.1) is 0 Å². The van der Waals surface area contributed by atoms with Gasteiger partial charge in [0.2, 0.25) is 0 Å². The van der Waals surface area contributed by atoms with Crippen molar-refractivity contribution >= 4 is 0 Å². The predicted octanol–water partition coefficient (Wildman–Crippen LogP) is 0.642. The number of nitrogens with zero attached hydrogens (tertiary/aromatic N) is 2. The van der Waals surface area contributed by atoms with Crippen LogP contribution in [-0.2, 0) is 0 Å². The van der Waals surface area contributed by atoms with E-state index in [0.29, 0.717) is 0 Å². The van der Waals surface area contributed by atoms with Gasteiger partial charge in [0.05, 0.1) is 0 Å². The van der Waals surface area contributed by atoms with Crippen LogP contribution < -0.4 is 0 Å². The van der Waals surface area contributed by atoms with E-state index in [1.54, 1.807) is 0 Å². The molecule has 2 heteroatoms. The minimum absolute atomic E-state index is 0.721. The molecule has 0 saturated carbocycles. The quantitative estimate of drug-likeness (QED) is 0.547. The molecular formula is C9H18N2. The molecule has 2 heterocycles. The second-order valence-electron chi connectivity index (χ2n) is 4.67. The fourth-order valence-electron chi connectivity index (χ4n) is 2.48. The zero-order valence-electron chi connectivity index (χ0n) is 7.80. The van der Waals surface area contributed by atoms with Gasteiger partial charge in [0.1, 0.15) is 0 Å². The standard InChI is InChI=1S/C9H18N2/c1-8(2)11-6-9(7-11)4-10(3)5-9/h8H,4-7H2,1-3H3. The highest BCUT2D eigenvalue weighted by atomic mass is 15.3. The van der Waals surface area contributed by atoms with Gasteiger partial charge in [-0.25, -0.2) is 0 Å². The molecule has 0 bridgehead atoms. The average Bonchev–Trinajstić information content (AvgIpc) is 1.73. The Morgan fingerprint density at radius 1 is 1.09 bits per heavy atom. The van der Waals surface area contributed by atoms with E-state index in [2.05, 4.69) is 30.7 Å². The summed E-state index contributed by atoms with van der Waals surface area (Å²) in [5, 5.41) is 0.